The summed E-state index contributed by atoms with van der Waals surface area (Å²) >= 11 is 0. The van der Waals surface area contributed by atoms with Gasteiger partial charge in [-0.25, -0.2) is 0 Å². The lowest BCUT2D eigenvalue weighted by Crippen LogP contribution is -2.44. The lowest BCUT2D eigenvalue weighted by Gasteiger charge is -2.38. The topological polar surface area (TPSA) is 41.5 Å². The molecule has 2 N–H and O–H groups in total. The fraction of sp³-hybridized carbons (Fsp3) is 1.00. The highest BCUT2D eigenvalue weighted by Gasteiger charge is 2.42. The molecule has 3 nitrogen and oxygen atoms in total. The van der Waals surface area contributed by atoms with Crippen molar-refractivity contribution in [3.8, 4) is 0 Å². The molecule has 1 heterocycles. The van der Waals surface area contributed by atoms with Gasteiger partial charge in [0.1, 0.15) is 0 Å². The van der Waals surface area contributed by atoms with Gasteiger partial charge in [-0.15, -0.1) is 0 Å². The molecule has 0 radical (unpaired) electrons. The second-order valence-electron chi connectivity index (χ2n) is 7.35. The van der Waals surface area contributed by atoms with Gasteiger partial charge in [-0.3, -0.25) is 0 Å². The van der Waals surface area contributed by atoms with Crippen molar-refractivity contribution in [1.29, 1.82) is 0 Å². The molecule has 102 valence electrons. The van der Waals surface area contributed by atoms with Gasteiger partial charge in [0.05, 0.1) is 11.7 Å². The Morgan fingerprint density at radius 3 is 2.06 bits per heavy atom. The molecule has 0 aromatic heterocycles. The normalized spacial score (nSPS) is 27.5. The maximum atomic E-state index is 9.99. The van der Waals surface area contributed by atoms with Crippen LogP contribution in [-0.2, 0) is 4.43 Å². The maximum Gasteiger partial charge on any atom is 0.192 e. The Labute approximate surface area is 107 Å². The Morgan fingerprint density at radius 1 is 1.18 bits per heavy atom. The van der Waals surface area contributed by atoms with Crippen molar-refractivity contribution in [2.24, 2.45) is 0 Å². The molecular weight excluding hydrogens is 230 g/mol. The third-order valence-electron chi connectivity index (χ3n) is 4.21. The van der Waals surface area contributed by atoms with Crippen LogP contribution in [0.25, 0.3) is 0 Å². The molecule has 17 heavy (non-hydrogen) atoms. The predicted molar refractivity (Wildman–Crippen MR) is 74.8 cm³/mol. The Bertz CT molecular complexity index is 266. The molecule has 1 rings (SSSR count). The van der Waals surface area contributed by atoms with E-state index in [-0.39, 0.29) is 17.2 Å². The van der Waals surface area contributed by atoms with Gasteiger partial charge in [0.25, 0.3) is 0 Å². The van der Waals surface area contributed by atoms with Gasteiger partial charge in [-0.1, -0.05) is 20.8 Å². The van der Waals surface area contributed by atoms with Gasteiger partial charge in [-0.05, 0) is 38.4 Å². The molecule has 0 bridgehead atoms. The molecule has 0 spiro atoms. The van der Waals surface area contributed by atoms with E-state index in [9.17, 15) is 5.11 Å². The van der Waals surface area contributed by atoms with Crippen LogP contribution in [0.4, 0.5) is 0 Å². The highest BCUT2D eigenvalue weighted by Crippen LogP contribution is 2.38. The first-order valence-corrected chi connectivity index (χ1v) is 9.48. The second-order valence-corrected chi connectivity index (χ2v) is 12.1. The molecule has 1 fully saturated rings. The van der Waals surface area contributed by atoms with E-state index in [0.717, 1.165) is 13.0 Å². The number of rotatable bonds is 3. The summed E-state index contributed by atoms with van der Waals surface area (Å²) in [5, 5.41) is 13.6. The highest BCUT2D eigenvalue weighted by atomic mass is 28.4. The van der Waals surface area contributed by atoms with Crippen molar-refractivity contribution in [1.82, 2.24) is 5.32 Å². The summed E-state index contributed by atoms with van der Waals surface area (Å²) in [7, 11) is -1.68. The summed E-state index contributed by atoms with van der Waals surface area (Å²) in [6, 6.07) is 0.150. The lowest BCUT2D eigenvalue weighted by atomic mass is 9.97. The zero-order valence-electron chi connectivity index (χ0n) is 12.4. The Hall–Kier alpha value is 0.0969. The average molecular weight is 259 g/mol. The maximum absolute atomic E-state index is 9.99. The zero-order chi connectivity index (χ0) is 13.5. The van der Waals surface area contributed by atoms with E-state index < -0.39 is 13.9 Å². The van der Waals surface area contributed by atoms with Gasteiger partial charge in [0.15, 0.2) is 8.32 Å². The Morgan fingerprint density at radius 2 is 1.71 bits per heavy atom. The minimum atomic E-state index is -1.68. The molecule has 4 heteroatoms. The van der Waals surface area contributed by atoms with Crippen molar-refractivity contribution in [2.75, 3.05) is 6.54 Å². The van der Waals surface area contributed by atoms with E-state index >= 15 is 0 Å². The van der Waals surface area contributed by atoms with Crippen LogP contribution in [0.3, 0.4) is 0 Å². The molecule has 1 aliphatic rings. The molecule has 0 saturated carbocycles. The average Bonchev–Trinajstić information content (AvgIpc) is 2.48. The van der Waals surface area contributed by atoms with Crippen LogP contribution in [0.15, 0.2) is 0 Å². The van der Waals surface area contributed by atoms with Crippen LogP contribution < -0.4 is 5.32 Å². The predicted octanol–water partition coefficient (Wildman–Crippen LogP) is 2.51. The Kier molecular flexibility index (Phi) is 4.14. The molecule has 2 atom stereocenters. The van der Waals surface area contributed by atoms with Gasteiger partial charge in [0.2, 0.25) is 0 Å². The van der Waals surface area contributed by atoms with E-state index in [1.54, 1.807) is 0 Å². The van der Waals surface area contributed by atoms with Crippen LogP contribution in [0.1, 0.15) is 41.0 Å². The molecule has 0 aromatic rings. The zero-order valence-corrected chi connectivity index (χ0v) is 13.4. The van der Waals surface area contributed by atoms with Crippen LogP contribution >= 0.6 is 0 Å². The van der Waals surface area contributed by atoms with Crippen LogP contribution in [0, 0.1) is 0 Å². The van der Waals surface area contributed by atoms with E-state index in [0.29, 0.717) is 0 Å². The number of hydrogen-bond donors (Lipinski definition) is 2. The van der Waals surface area contributed by atoms with Gasteiger partial charge >= 0.3 is 0 Å². The first kappa shape index (κ1) is 15.2. The van der Waals surface area contributed by atoms with E-state index in [2.05, 4.69) is 39.2 Å². The number of hydrogen-bond acceptors (Lipinski definition) is 3. The SMILES string of the molecule is CC(C)(O)[C@@H]1C[C@H](O[Si](C)(C)C(C)(C)C)CN1. The molecular formula is C13H29NO2Si. The summed E-state index contributed by atoms with van der Waals surface area (Å²) < 4.78 is 6.35. The minimum absolute atomic E-state index is 0.150. The molecule has 0 unspecified atom stereocenters. The molecule has 1 saturated heterocycles. The van der Waals surface area contributed by atoms with Crippen molar-refractivity contribution in [2.45, 2.75) is 76.9 Å². The van der Waals surface area contributed by atoms with E-state index in [4.69, 9.17) is 4.43 Å². The second kappa shape index (κ2) is 4.65. The van der Waals surface area contributed by atoms with Crippen LogP contribution in [-0.4, -0.2) is 37.7 Å². The Balaban J connectivity index is 2.57. The summed E-state index contributed by atoms with van der Waals surface area (Å²) in [6.45, 7) is 15.9. The van der Waals surface area contributed by atoms with Crippen molar-refractivity contribution >= 4 is 8.32 Å². The fourth-order valence-corrected chi connectivity index (χ4v) is 3.29. The quantitative estimate of drug-likeness (QED) is 0.765. The van der Waals surface area contributed by atoms with Gasteiger partial charge < -0.3 is 14.8 Å². The van der Waals surface area contributed by atoms with Crippen molar-refractivity contribution < 1.29 is 9.53 Å². The minimum Gasteiger partial charge on any atom is -0.413 e. The number of nitrogens with one attached hydrogen (secondary N) is 1. The highest BCUT2D eigenvalue weighted by molar-refractivity contribution is 6.74. The van der Waals surface area contributed by atoms with Crippen molar-refractivity contribution in [3.63, 3.8) is 0 Å². The van der Waals surface area contributed by atoms with E-state index in [1.165, 1.54) is 0 Å². The van der Waals surface area contributed by atoms with Crippen LogP contribution in [0.2, 0.25) is 18.1 Å². The molecule has 0 aliphatic carbocycles. The smallest absolute Gasteiger partial charge is 0.192 e. The first-order chi connectivity index (χ1) is 7.43. The lowest BCUT2D eigenvalue weighted by molar-refractivity contribution is 0.0407. The number of aliphatic hydroxyl groups is 1. The third-order valence-corrected chi connectivity index (χ3v) is 8.75. The molecule has 0 amide bonds. The standard InChI is InChI=1S/C13H29NO2Si/c1-12(2,3)17(6,7)16-10-8-11(14-9-10)13(4,5)15/h10-11,14-15H,8-9H2,1-7H3/t10-,11-/m0/s1. The largest absolute Gasteiger partial charge is 0.413 e. The molecule has 1 aliphatic heterocycles. The van der Waals surface area contributed by atoms with Gasteiger partial charge in [-0.2, -0.15) is 0 Å². The monoisotopic (exact) mass is 259 g/mol. The third kappa shape index (κ3) is 3.78. The van der Waals surface area contributed by atoms with Crippen LogP contribution in [0.5, 0.6) is 0 Å². The summed E-state index contributed by atoms with van der Waals surface area (Å²) in [5.74, 6) is 0. The van der Waals surface area contributed by atoms with Crippen molar-refractivity contribution in [3.05, 3.63) is 0 Å². The fourth-order valence-electron chi connectivity index (χ4n) is 1.92. The summed E-state index contributed by atoms with van der Waals surface area (Å²) in [4.78, 5) is 0. The molecule has 0 aromatic carbocycles. The van der Waals surface area contributed by atoms with E-state index in [1.807, 2.05) is 13.8 Å². The summed E-state index contributed by atoms with van der Waals surface area (Å²) in [5.41, 5.74) is -0.661. The van der Waals surface area contributed by atoms with Gasteiger partial charge in [0, 0.05) is 12.6 Å². The summed E-state index contributed by atoms with van der Waals surface area (Å²) in [6.07, 6.45) is 1.17. The first-order valence-electron chi connectivity index (χ1n) is 6.57.